The number of hydrogen-bond acceptors (Lipinski definition) is 2. The normalized spacial score (nSPS) is 31.3. The zero-order chi connectivity index (χ0) is 12.2. The average Bonchev–Trinajstić information content (AvgIpc) is 2.16. The summed E-state index contributed by atoms with van der Waals surface area (Å²) in [5.41, 5.74) is -0.442. The van der Waals surface area contributed by atoms with E-state index in [1.165, 1.54) is 12.8 Å². The Morgan fingerprint density at radius 2 is 2.00 bits per heavy atom. The lowest BCUT2D eigenvalue weighted by molar-refractivity contribution is -0.0234. The zero-order valence-electron chi connectivity index (χ0n) is 11.4. The van der Waals surface area contributed by atoms with Gasteiger partial charge in [-0.05, 0) is 43.6 Å². The molecule has 0 aromatic rings. The van der Waals surface area contributed by atoms with Crippen LogP contribution in [0.4, 0.5) is 0 Å². The molecule has 0 radical (unpaired) electrons. The van der Waals surface area contributed by atoms with Crippen LogP contribution in [-0.4, -0.2) is 23.8 Å². The molecule has 1 aliphatic carbocycles. The average molecular weight is 227 g/mol. The van der Waals surface area contributed by atoms with E-state index >= 15 is 0 Å². The summed E-state index contributed by atoms with van der Waals surface area (Å²) in [5.74, 6) is 2.07. The largest absolute Gasteiger partial charge is 0.389 e. The van der Waals surface area contributed by atoms with Crippen molar-refractivity contribution in [2.24, 2.45) is 17.8 Å². The Morgan fingerprint density at radius 1 is 1.31 bits per heavy atom. The maximum Gasteiger partial charge on any atom is 0.0774 e. The van der Waals surface area contributed by atoms with Gasteiger partial charge < -0.3 is 10.4 Å². The van der Waals surface area contributed by atoms with Crippen LogP contribution >= 0.6 is 0 Å². The quantitative estimate of drug-likeness (QED) is 0.757. The molecule has 2 N–H and O–H groups in total. The molecule has 96 valence electrons. The Balaban J connectivity index is 2.37. The van der Waals surface area contributed by atoms with E-state index in [1.807, 2.05) is 0 Å². The maximum absolute atomic E-state index is 10.5. The Bertz CT molecular complexity index is 203. The molecule has 2 heteroatoms. The van der Waals surface area contributed by atoms with Gasteiger partial charge in [0.25, 0.3) is 0 Å². The molecule has 2 unspecified atom stereocenters. The smallest absolute Gasteiger partial charge is 0.0774 e. The molecule has 2 atom stereocenters. The number of nitrogens with one attached hydrogen (secondary N) is 1. The Labute approximate surface area is 101 Å². The van der Waals surface area contributed by atoms with Gasteiger partial charge in [0.15, 0.2) is 0 Å². The Morgan fingerprint density at radius 3 is 2.56 bits per heavy atom. The highest BCUT2D eigenvalue weighted by molar-refractivity contribution is 4.89. The van der Waals surface area contributed by atoms with Crippen LogP contribution in [0.2, 0.25) is 0 Å². The molecule has 1 aliphatic rings. The van der Waals surface area contributed by atoms with Gasteiger partial charge in [0, 0.05) is 6.54 Å². The van der Waals surface area contributed by atoms with E-state index in [9.17, 15) is 5.11 Å². The van der Waals surface area contributed by atoms with Crippen LogP contribution < -0.4 is 5.32 Å². The SMILES string of the molecule is CC(C)CNCC1(O)CCCC(C(C)C)C1. The standard InChI is InChI=1S/C14H29NO/c1-11(2)9-15-10-14(16)7-5-6-13(8-14)12(3)4/h11-13,15-16H,5-10H2,1-4H3. The van der Waals surface area contributed by atoms with Gasteiger partial charge in [0.05, 0.1) is 5.60 Å². The summed E-state index contributed by atoms with van der Waals surface area (Å²) in [4.78, 5) is 0. The van der Waals surface area contributed by atoms with Gasteiger partial charge in [-0.3, -0.25) is 0 Å². The van der Waals surface area contributed by atoms with E-state index in [0.29, 0.717) is 17.8 Å². The first kappa shape index (κ1) is 14.0. The van der Waals surface area contributed by atoms with Gasteiger partial charge in [0.2, 0.25) is 0 Å². The van der Waals surface area contributed by atoms with E-state index in [2.05, 4.69) is 33.0 Å². The zero-order valence-corrected chi connectivity index (χ0v) is 11.4. The maximum atomic E-state index is 10.5. The van der Waals surface area contributed by atoms with Crippen LogP contribution in [-0.2, 0) is 0 Å². The van der Waals surface area contributed by atoms with Crippen molar-refractivity contribution in [1.29, 1.82) is 0 Å². The van der Waals surface area contributed by atoms with Crippen LogP contribution in [0.1, 0.15) is 53.4 Å². The molecule has 0 aliphatic heterocycles. The van der Waals surface area contributed by atoms with Crippen molar-refractivity contribution in [2.75, 3.05) is 13.1 Å². The summed E-state index contributed by atoms with van der Waals surface area (Å²) >= 11 is 0. The summed E-state index contributed by atoms with van der Waals surface area (Å²) in [6.45, 7) is 10.7. The Hall–Kier alpha value is -0.0800. The van der Waals surface area contributed by atoms with Crippen molar-refractivity contribution < 1.29 is 5.11 Å². The lowest BCUT2D eigenvalue weighted by Crippen LogP contribution is -2.45. The third kappa shape index (κ3) is 4.42. The summed E-state index contributed by atoms with van der Waals surface area (Å²) in [5, 5.41) is 13.9. The molecule has 1 rings (SSSR count). The second kappa shape index (κ2) is 6.02. The van der Waals surface area contributed by atoms with Crippen molar-refractivity contribution in [3.8, 4) is 0 Å². The lowest BCUT2D eigenvalue weighted by atomic mass is 9.73. The highest BCUT2D eigenvalue weighted by Crippen LogP contribution is 2.35. The molecule has 16 heavy (non-hydrogen) atoms. The second-order valence-corrected chi connectivity index (χ2v) is 6.35. The Kier molecular flexibility index (Phi) is 5.26. The molecule has 0 amide bonds. The lowest BCUT2D eigenvalue weighted by Gasteiger charge is -2.39. The molecule has 1 saturated carbocycles. The fraction of sp³-hybridized carbons (Fsp3) is 1.00. The third-order valence-corrected chi connectivity index (χ3v) is 3.81. The van der Waals surface area contributed by atoms with Crippen molar-refractivity contribution in [3.63, 3.8) is 0 Å². The molecule has 2 nitrogen and oxygen atoms in total. The topological polar surface area (TPSA) is 32.3 Å². The third-order valence-electron chi connectivity index (χ3n) is 3.81. The predicted octanol–water partition coefficient (Wildman–Crippen LogP) is 2.81. The second-order valence-electron chi connectivity index (χ2n) is 6.35. The van der Waals surface area contributed by atoms with Gasteiger partial charge in [0.1, 0.15) is 0 Å². The highest BCUT2D eigenvalue weighted by Gasteiger charge is 2.34. The molecule has 0 saturated heterocycles. The highest BCUT2D eigenvalue weighted by atomic mass is 16.3. The molecule has 1 fully saturated rings. The van der Waals surface area contributed by atoms with Crippen LogP contribution in [0.25, 0.3) is 0 Å². The minimum Gasteiger partial charge on any atom is -0.389 e. The van der Waals surface area contributed by atoms with E-state index in [4.69, 9.17) is 0 Å². The molecule has 0 aromatic heterocycles. The van der Waals surface area contributed by atoms with Crippen LogP contribution in [0.3, 0.4) is 0 Å². The molecular weight excluding hydrogens is 198 g/mol. The number of hydrogen-bond donors (Lipinski definition) is 2. The molecule has 0 bridgehead atoms. The van der Waals surface area contributed by atoms with Gasteiger partial charge >= 0.3 is 0 Å². The molecule has 0 spiro atoms. The first-order valence-electron chi connectivity index (χ1n) is 6.86. The van der Waals surface area contributed by atoms with E-state index in [-0.39, 0.29) is 0 Å². The first-order chi connectivity index (χ1) is 7.43. The van der Waals surface area contributed by atoms with Crippen LogP contribution in [0.5, 0.6) is 0 Å². The van der Waals surface area contributed by atoms with Crippen molar-refractivity contribution in [2.45, 2.75) is 59.0 Å². The van der Waals surface area contributed by atoms with E-state index < -0.39 is 5.60 Å². The van der Waals surface area contributed by atoms with Gasteiger partial charge in [-0.15, -0.1) is 0 Å². The van der Waals surface area contributed by atoms with Gasteiger partial charge in [-0.1, -0.05) is 34.1 Å². The fourth-order valence-corrected chi connectivity index (χ4v) is 2.71. The summed E-state index contributed by atoms with van der Waals surface area (Å²) in [6.07, 6.45) is 4.43. The predicted molar refractivity (Wildman–Crippen MR) is 69.5 cm³/mol. The molecule has 0 aromatic carbocycles. The molecule has 0 heterocycles. The molecular formula is C14H29NO. The first-order valence-corrected chi connectivity index (χ1v) is 6.86. The number of rotatable bonds is 5. The van der Waals surface area contributed by atoms with Crippen LogP contribution in [0, 0.1) is 17.8 Å². The number of aliphatic hydroxyl groups is 1. The fourth-order valence-electron chi connectivity index (χ4n) is 2.71. The minimum atomic E-state index is -0.442. The minimum absolute atomic E-state index is 0.442. The van der Waals surface area contributed by atoms with Crippen molar-refractivity contribution in [1.82, 2.24) is 5.32 Å². The van der Waals surface area contributed by atoms with Crippen LogP contribution in [0.15, 0.2) is 0 Å². The summed E-state index contributed by atoms with van der Waals surface area (Å²) in [7, 11) is 0. The summed E-state index contributed by atoms with van der Waals surface area (Å²) < 4.78 is 0. The monoisotopic (exact) mass is 227 g/mol. The van der Waals surface area contributed by atoms with Gasteiger partial charge in [-0.2, -0.15) is 0 Å². The van der Waals surface area contributed by atoms with Gasteiger partial charge in [-0.25, -0.2) is 0 Å². The summed E-state index contributed by atoms with van der Waals surface area (Å²) in [6, 6.07) is 0. The van der Waals surface area contributed by atoms with E-state index in [0.717, 1.165) is 25.9 Å². The van der Waals surface area contributed by atoms with Crippen molar-refractivity contribution in [3.05, 3.63) is 0 Å². The van der Waals surface area contributed by atoms with E-state index in [1.54, 1.807) is 0 Å². The van der Waals surface area contributed by atoms with Crippen molar-refractivity contribution >= 4 is 0 Å².